The average Bonchev–Trinajstić information content (AvgIpc) is 3.46. The summed E-state index contributed by atoms with van der Waals surface area (Å²) in [5.41, 5.74) is 1.96. The van der Waals surface area contributed by atoms with Crippen LogP contribution in [0.25, 0.3) is 21.3 Å². The van der Waals surface area contributed by atoms with Gasteiger partial charge in [-0.15, -0.1) is 32.9 Å². The third-order valence-corrected chi connectivity index (χ3v) is 6.31. The fraction of sp³-hybridized carbons (Fsp3) is 0.167. The summed E-state index contributed by atoms with van der Waals surface area (Å²) in [6.45, 7) is 0. The van der Waals surface area contributed by atoms with Gasteiger partial charge in [0.05, 0.1) is 24.8 Å². The molecule has 0 radical (unpaired) electrons. The average molecular weight is 418 g/mol. The molecule has 0 aliphatic rings. The zero-order valence-corrected chi connectivity index (χ0v) is 17.0. The third kappa shape index (κ3) is 4.00. The largest absolute Gasteiger partial charge is 0.493 e. The van der Waals surface area contributed by atoms with Crippen molar-refractivity contribution in [1.82, 2.24) is 15.2 Å². The van der Waals surface area contributed by atoms with Gasteiger partial charge in [0.1, 0.15) is 5.01 Å². The smallest absolute Gasteiger partial charge is 0.277 e. The maximum Gasteiger partial charge on any atom is 0.277 e. The molecule has 0 bridgehead atoms. The molecule has 0 saturated heterocycles. The minimum absolute atomic E-state index is 0.541. The summed E-state index contributed by atoms with van der Waals surface area (Å²) in [5.74, 6) is 2.60. The second kappa shape index (κ2) is 8.12. The second-order valence-corrected chi connectivity index (χ2v) is 8.09. The molecule has 138 valence electrons. The molecule has 0 aliphatic heterocycles. The molecule has 0 spiro atoms. The molecule has 4 rings (SSSR count). The highest BCUT2D eigenvalue weighted by Crippen LogP contribution is 2.34. The Hall–Kier alpha value is -2.36. The molecule has 1 aromatic carbocycles. The van der Waals surface area contributed by atoms with Crippen LogP contribution in [0.4, 0.5) is 0 Å². The zero-order valence-electron chi connectivity index (χ0n) is 14.5. The lowest BCUT2D eigenvalue weighted by Gasteiger charge is -2.08. The Labute approximate surface area is 168 Å². The van der Waals surface area contributed by atoms with Crippen LogP contribution in [0.15, 0.2) is 50.7 Å². The standard InChI is InChI=1S/C18H15N3O3S3/c1-22-13-6-5-11(8-14(13)23-2)17-19-12(9-26-17)10-27-18-21-20-16(24-18)15-4-3-7-25-15/h3-9H,10H2,1-2H3. The number of ether oxygens (including phenoxy) is 2. The number of thioether (sulfide) groups is 1. The van der Waals surface area contributed by atoms with Crippen molar-refractivity contribution in [3.05, 3.63) is 46.8 Å². The number of thiophene rings is 1. The molecule has 27 heavy (non-hydrogen) atoms. The van der Waals surface area contributed by atoms with Gasteiger partial charge in [-0.1, -0.05) is 17.8 Å². The van der Waals surface area contributed by atoms with Crippen LogP contribution in [0, 0.1) is 0 Å². The van der Waals surface area contributed by atoms with Gasteiger partial charge in [-0.3, -0.25) is 0 Å². The number of rotatable bonds is 7. The van der Waals surface area contributed by atoms with Crippen molar-refractivity contribution in [2.75, 3.05) is 14.2 Å². The Morgan fingerprint density at radius 2 is 1.96 bits per heavy atom. The van der Waals surface area contributed by atoms with Crippen molar-refractivity contribution in [3.63, 3.8) is 0 Å². The van der Waals surface area contributed by atoms with Gasteiger partial charge in [-0.05, 0) is 29.6 Å². The van der Waals surface area contributed by atoms with Crippen LogP contribution in [-0.4, -0.2) is 29.4 Å². The van der Waals surface area contributed by atoms with E-state index in [1.807, 2.05) is 41.1 Å². The van der Waals surface area contributed by atoms with Gasteiger partial charge in [-0.25, -0.2) is 4.98 Å². The van der Waals surface area contributed by atoms with Crippen LogP contribution in [-0.2, 0) is 5.75 Å². The first-order valence-corrected chi connectivity index (χ1v) is 10.7. The van der Waals surface area contributed by atoms with Crippen molar-refractivity contribution >= 4 is 34.4 Å². The highest BCUT2D eigenvalue weighted by molar-refractivity contribution is 7.98. The van der Waals surface area contributed by atoms with E-state index in [1.54, 1.807) is 36.9 Å². The van der Waals surface area contributed by atoms with Gasteiger partial charge in [0.15, 0.2) is 11.5 Å². The molecule has 3 heterocycles. The first-order chi connectivity index (χ1) is 13.3. The van der Waals surface area contributed by atoms with Crippen LogP contribution < -0.4 is 9.47 Å². The monoisotopic (exact) mass is 417 g/mol. The molecule has 0 N–H and O–H groups in total. The summed E-state index contributed by atoms with van der Waals surface area (Å²) in [4.78, 5) is 5.67. The van der Waals surface area contributed by atoms with Gasteiger partial charge in [-0.2, -0.15) is 0 Å². The third-order valence-electron chi connectivity index (χ3n) is 3.66. The van der Waals surface area contributed by atoms with Gasteiger partial charge in [0, 0.05) is 16.7 Å². The number of thiazole rings is 1. The van der Waals surface area contributed by atoms with E-state index in [0.29, 0.717) is 28.4 Å². The molecule has 4 aromatic rings. The van der Waals surface area contributed by atoms with Crippen LogP contribution in [0.3, 0.4) is 0 Å². The van der Waals surface area contributed by atoms with Crippen molar-refractivity contribution in [1.29, 1.82) is 0 Å². The maximum absolute atomic E-state index is 5.69. The SMILES string of the molecule is COc1ccc(-c2nc(CSc3nnc(-c4cccs4)o3)cs2)cc1OC. The van der Waals surface area contributed by atoms with Gasteiger partial charge in [0.25, 0.3) is 11.1 Å². The van der Waals surface area contributed by atoms with Crippen molar-refractivity contribution in [2.45, 2.75) is 11.0 Å². The van der Waals surface area contributed by atoms with E-state index in [9.17, 15) is 0 Å². The summed E-state index contributed by atoms with van der Waals surface area (Å²) in [6, 6.07) is 9.71. The normalized spacial score (nSPS) is 10.9. The maximum atomic E-state index is 5.69. The molecular weight excluding hydrogens is 402 g/mol. The minimum atomic E-state index is 0.541. The van der Waals surface area contributed by atoms with E-state index in [1.165, 1.54) is 11.8 Å². The van der Waals surface area contributed by atoms with Crippen LogP contribution >= 0.6 is 34.4 Å². The number of hydrogen-bond donors (Lipinski definition) is 0. The first kappa shape index (κ1) is 18.0. The summed E-state index contributed by atoms with van der Waals surface area (Å²) in [5, 5.41) is 13.7. The lowest BCUT2D eigenvalue weighted by atomic mass is 10.2. The number of nitrogens with zero attached hydrogens (tertiary/aromatic N) is 3. The van der Waals surface area contributed by atoms with Crippen molar-refractivity contribution in [2.24, 2.45) is 0 Å². The Morgan fingerprint density at radius 3 is 2.74 bits per heavy atom. The van der Waals surface area contributed by atoms with Crippen LogP contribution in [0.2, 0.25) is 0 Å². The number of benzene rings is 1. The number of methoxy groups -OCH3 is 2. The molecule has 0 aliphatic carbocycles. The van der Waals surface area contributed by atoms with Crippen LogP contribution in [0.1, 0.15) is 5.69 Å². The summed E-state index contributed by atoms with van der Waals surface area (Å²) < 4.78 is 16.3. The van der Waals surface area contributed by atoms with Gasteiger partial charge < -0.3 is 13.9 Å². The van der Waals surface area contributed by atoms with Crippen LogP contribution in [0.5, 0.6) is 11.5 Å². The van der Waals surface area contributed by atoms with E-state index in [0.717, 1.165) is 21.1 Å². The van der Waals surface area contributed by atoms with E-state index in [2.05, 4.69) is 10.2 Å². The predicted molar refractivity (Wildman–Crippen MR) is 108 cm³/mol. The molecule has 0 unspecified atom stereocenters. The van der Waals surface area contributed by atoms with E-state index in [4.69, 9.17) is 18.9 Å². The van der Waals surface area contributed by atoms with Gasteiger partial charge >= 0.3 is 0 Å². The molecule has 9 heteroatoms. The summed E-state index contributed by atoms with van der Waals surface area (Å²) >= 11 is 4.64. The molecular formula is C18H15N3O3S3. The molecule has 0 amide bonds. The molecule has 0 fully saturated rings. The number of hydrogen-bond acceptors (Lipinski definition) is 9. The number of aromatic nitrogens is 3. The second-order valence-electron chi connectivity index (χ2n) is 5.35. The van der Waals surface area contributed by atoms with E-state index in [-0.39, 0.29) is 0 Å². The fourth-order valence-electron chi connectivity index (χ4n) is 2.38. The summed E-state index contributed by atoms with van der Waals surface area (Å²) in [7, 11) is 3.25. The highest BCUT2D eigenvalue weighted by Gasteiger charge is 2.13. The fourth-order valence-corrected chi connectivity index (χ4v) is 4.60. The molecule has 0 atom stereocenters. The van der Waals surface area contributed by atoms with Crippen molar-refractivity contribution in [3.8, 4) is 32.8 Å². The lowest BCUT2D eigenvalue weighted by Crippen LogP contribution is -1.90. The molecule has 3 aromatic heterocycles. The van der Waals surface area contributed by atoms with E-state index < -0.39 is 0 Å². The Bertz CT molecular complexity index is 1030. The molecule has 6 nitrogen and oxygen atoms in total. The Balaban J connectivity index is 1.44. The first-order valence-electron chi connectivity index (χ1n) is 7.94. The van der Waals surface area contributed by atoms with Gasteiger partial charge in [0.2, 0.25) is 0 Å². The van der Waals surface area contributed by atoms with E-state index >= 15 is 0 Å². The predicted octanol–water partition coefficient (Wildman–Crippen LogP) is 5.23. The zero-order chi connectivity index (χ0) is 18.6. The Kier molecular flexibility index (Phi) is 5.42. The quantitative estimate of drug-likeness (QED) is 0.381. The highest BCUT2D eigenvalue weighted by atomic mass is 32.2. The van der Waals surface area contributed by atoms with Crippen molar-refractivity contribution < 1.29 is 13.9 Å². The summed E-state index contributed by atoms with van der Waals surface area (Å²) in [6.07, 6.45) is 0. The minimum Gasteiger partial charge on any atom is -0.493 e. The molecule has 0 saturated carbocycles. The lowest BCUT2D eigenvalue weighted by molar-refractivity contribution is 0.355. The Morgan fingerprint density at radius 1 is 1.07 bits per heavy atom. The topological polar surface area (TPSA) is 70.3 Å².